The summed E-state index contributed by atoms with van der Waals surface area (Å²) >= 11 is 0. The van der Waals surface area contributed by atoms with Gasteiger partial charge in [-0.25, -0.2) is 4.68 Å². The molecule has 0 saturated heterocycles. The van der Waals surface area contributed by atoms with Crippen molar-refractivity contribution in [1.29, 1.82) is 0 Å². The predicted octanol–water partition coefficient (Wildman–Crippen LogP) is 5.02. The molecule has 4 rings (SSSR count). The number of nitrogens with zero attached hydrogens (tertiary/aromatic N) is 5. The second-order valence-corrected chi connectivity index (χ2v) is 7.18. The lowest BCUT2D eigenvalue weighted by Crippen LogP contribution is -2.24. The third kappa shape index (κ3) is 3.78. The minimum Gasteiger partial charge on any atom is -0.341 e. The number of fused-ring (bicyclic) bond motifs is 1. The summed E-state index contributed by atoms with van der Waals surface area (Å²) in [5, 5.41) is 9.01. The number of hydrogen-bond acceptors (Lipinski definition) is 5. The van der Waals surface area contributed by atoms with Gasteiger partial charge in [0.25, 0.3) is 0 Å². The summed E-state index contributed by atoms with van der Waals surface area (Å²) in [6.45, 7) is 10.1. The molecule has 0 radical (unpaired) electrons. The SMILES string of the molecule is CCN(CC)c1nc(Nc2cc(C)cc(C)c2)c2cnn(-c3ccccc3)c2n1. The van der Waals surface area contributed by atoms with Crippen LogP contribution in [0.2, 0.25) is 0 Å². The maximum absolute atomic E-state index is 4.87. The summed E-state index contributed by atoms with van der Waals surface area (Å²) in [5.74, 6) is 1.47. The van der Waals surface area contributed by atoms with Crippen molar-refractivity contribution in [2.75, 3.05) is 23.3 Å². The van der Waals surface area contributed by atoms with Crippen LogP contribution in [0.25, 0.3) is 16.7 Å². The summed E-state index contributed by atoms with van der Waals surface area (Å²) in [6, 6.07) is 16.5. The molecule has 0 aliphatic carbocycles. The fraction of sp³-hybridized carbons (Fsp3) is 0.261. The third-order valence-electron chi connectivity index (χ3n) is 4.95. The van der Waals surface area contributed by atoms with Crippen LogP contribution in [0.15, 0.2) is 54.7 Å². The second-order valence-electron chi connectivity index (χ2n) is 7.18. The van der Waals surface area contributed by atoms with E-state index in [0.29, 0.717) is 5.95 Å². The van der Waals surface area contributed by atoms with Crippen molar-refractivity contribution in [2.24, 2.45) is 0 Å². The van der Waals surface area contributed by atoms with Crippen molar-refractivity contribution in [3.05, 3.63) is 65.9 Å². The number of aryl methyl sites for hydroxylation is 2. The molecule has 0 unspecified atom stereocenters. The standard InChI is InChI=1S/C23H26N6/c1-5-28(6-2)23-26-21(25-18-13-16(3)12-17(4)14-18)20-15-24-29(22(20)27-23)19-10-8-7-9-11-19/h7-15H,5-6H2,1-4H3,(H,25,26,27). The molecule has 2 aromatic heterocycles. The van der Waals surface area contributed by atoms with Gasteiger partial charge in [-0.1, -0.05) is 24.3 Å². The number of para-hydroxylation sites is 1. The van der Waals surface area contributed by atoms with Crippen LogP contribution in [-0.4, -0.2) is 32.8 Å². The van der Waals surface area contributed by atoms with Gasteiger partial charge in [0.05, 0.1) is 17.3 Å². The monoisotopic (exact) mass is 386 g/mol. The first-order chi connectivity index (χ1) is 14.1. The highest BCUT2D eigenvalue weighted by molar-refractivity contribution is 5.90. The predicted molar refractivity (Wildman–Crippen MR) is 119 cm³/mol. The smallest absolute Gasteiger partial charge is 0.229 e. The van der Waals surface area contributed by atoms with Crippen LogP contribution in [-0.2, 0) is 0 Å². The van der Waals surface area contributed by atoms with E-state index in [1.165, 1.54) is 11.1 Å². The van der Waals surface area contributed by atoms with Crippen LogP contribution in [0.4, 0.5) is 17.5 Å². The van der Waals surface area contributed by atoms with Gasteiger partial charge in [-0.3, -0.25) is 0 Å². The normalized spacial score (nSPS) is 11.0. The number of hydrogen-bond donors (Lipinski definition) is 1. The lowest BCUT2D eigenvalue weighted by atomic mass is 10.1. The highest BCUT2D eigenvalue weighted by Gasteiger charge is 2.17. The maximum Gasteiger partial charge on any atom is 0.229 e. The van der Waals surface area contributed by atoms with Gasteiger partial charge in [-0.2, -0.15) is 15.1 Å². The first-order valence-corrected chi connectivity index (χ1v) is 10.0. The number of rotatable bonds is 6. The first-order valence-electron chi connectivity index (χ1n) is 10.0. The quantitative estimate of drug-likeness (QED) is 0.504. The Balaban J connectivity index is 1.89. The molecule has 0 fully saturated rings. The van der Waals surface area contributed by atoms with Gasteiger partial charge in [-0.15, -0.1) is 0 Å². The summed E-state index contributed by atoms with van der Waals surface area (Å²) < 4.78 is 1.87. The van der Waals surface area contributed by atoms with Gasteiger partial charge in [0.15, 0.2) is 5.65 Å². The Morgan fingerprint density at radius 2 is 1.62 bits per heavy atom. The van der Waals surface area contributed by atoms with E-state index in [2.05, 4.69) is 61.2 Å². The molecule has 0 aliphatic rings. The molecule has 1 N–H and O–H groups in total. The Morgan fingerprint density at radius 3 is 2.28 bits per heavy atom. The van der Waals surface area contributed by atoms with E-state index in [4.69, 9.17) is 9.97 Å². The number of nitrogens with one attached hydrogen (secondary N) is 1. The average Bonchev–Trinajstić information content (AvgIpc) is 3.13. The Kier molecular flexibility index (Phi) is 5.16. The van der Waals surface area contributed by atoms with Crippen LogP contribution in [0.1, 0.15) is 25.0 Å². The average molecular weight is 387 g/mol. The highest BCUT2D eigenvalue weighted by atomic mass is 15.3. The molecule has 0 atom stereocenters. The zero-order valence-electron chi connectivity index (χ0n) is 17.3. The molecule has 148 valence electrons. The maximum atomic E-state index is 4.87. The van der Waals surface area contributed by atoms with Crippen molar-refractivity contribution in [3.63, 3.8) is 0 Å². The first kappa shape index (κ1) is 18.9. The van der Waals surface area contributed by atoms with Crippen molar-refractivity contribution >= 4 is 28.5 Å². The molecule has 2 aromatic carbocycles. The molecule has 0 amide bonds. The Morgan fingerprint density at radius 1 is 0.931 bits per heavy atom. The van der Waals surface area contributed by atoms with E-state index in [-0.39, 0.29) is 0 Å². The molecule has 0 aliphatic heterocycles. The topological polar surface area (TPSA) is 58.9 Å². The van der Waals surface area contributed by atoms with Crippen LogP contribution in [0.3, 0.4) is 0 Å². The van der Waals surface area contributed by atoms with Gasteiger partial charge < -0.3 is 10.2 Å². The van der Waals surface area contributed by atoms with Crippen LogP contribution >= 0.6 is 0 Å². The van der Waals surface area contributed by atoms with Gasteiger partial charge >= 0.3 is 0 Å². The third-order valence-corrected chi connectivity index (χ3v) is 4.95. The molecule has 2 heterocycles. The lowest BCUT2D eigenvalue weighted by Gasteiger charge is -2.20. The second kappa shape index (κ2) is 7.91. The zero-order valence-corrected chi connectivity index (χ0v) is 17.3. The van der Waals surface area contributed by atoms with Gasteiger partial charge in [0, 0.05) is 18.8 Å². The molecule has 0 saturated carbocycles. The van der Waals surface area contributed by atoms with Crippen molar-refractivity contribution in [1.82, 2.24) is 19.7 Å². The fourth-order valence-electron chi connectivity index (χ4n) is 3.58. The van der Waals surface area contributed by atoms with E-state index in [1.807, 2.05) is 41.2 Å². The number of benzene rings is 2. The van der Waals surface area contributed by atoms with Crippen LogP contribution in [0, 0.1) is 13.8 Å². The minimum atomic E-state index is 0.701. The molecular weight excluding hydrogens is 360 g/mol. The summed E-state index contributed by atoms with van der Waals surface area (Å²) in [5.41, 5.74) is 5.20. The number of aromatic nitrogens is 4. The van der Waals surface area contributed by atoms with E-state index in [1.54, 1.807) is 0 Å². The summed E-state index contributed by atoms with van der Waals surface area (Å²) in [7, 11) is 0. The summed E-state index contributed by atoms with van der Waals surface area (Å²) in [6.07, 6.45) is 1.83. The van der Waals surface area contributed by atoms with Crippen LogP contribution < -0.4 is 10.2 Å². The summed E-state index contributed by atoms with van der Waals surface area (Å²) in [4.78, 5) is 11.9. The zero-order chi connectivity index (χ0) is 20.4. The lowest BCUT2D eigenvalue weighted by molar-refractivity contribution is 0.819. The molecular formula is C23H26N6. The Bertz CT molecular complexity index is 1110. The van der Waals surface area contributed by atoms with E-state index in [0.717, 1.165) is 41.3 Å². The van der Waals surface area contributed by atoms with Crippen molar-refractivity contribution < 1.29 is 0 Å². The number of anilines is 3. The minimum absolute atomic E-state index is 0.701. The van der Waals surface area contributed by atoms with Crippen molar-refractivity contribution in [3.8, 4) is 5.69 Å². The van der Waals surface area contributed by atoms with Gasteiger partial charge in [-0.05, 0) is 63.1 Å². The van der Waals surface area contributed by atoms with E-state index >= 15 is 0 Å². The van der Waals surface area contributed by atoms with Gasteiger partial charge in [0.1, 0.15) is 5.82 Å². The highest BCUT2D eigenvalue weighted by Crippen LogP contribution is 2.28. The van der Waals surface area contributed by atoms with E-state index in [9.17, 15) is 0 Å². The molecule has 6 nitrogen and oxygen atoms in total. The largest absolute Gasteiger partial charge is 0.341 e. The molecule has 29 heavy (non-hydrogen) atoms. The fourth-order valence-corrected chi connectivity index (χ4v) is 3.58. The van der Waals surface area contributed by atoms with Gasteiger partial charge in [0.2, 0.25) is 5.95 Å². The Hall–Kier alpha value is -3.41. The molecule has 0 spiro atoms. The molecule has 6 heteroatoms. The van der Waals surface area contributed by atoms with Crippen molar-refractivity contribution in [2.45, 2.75) is 27.7 Å². The molecule has 0 bridgehead atoms. The molecule has 4 aromatic rings. The van der Waals surface area contributed by atoms with Crippen LogP contribution in [0.5, 0.6) is 0 Å². The van der Waals surface area contributed by atoms with E-state index < -0.39 is 0 Å². The Labute approximate surface area is 171 Å².